The molecule has 1 aliphatic heterocycles. The predicted molar refractivity (Wildman–Crippen MR) is 93.4 cm³/mol. The van der Waals surface area contributed by atoms with Crippen molar-refractivity contribution in [2.45, 2.75) is 45.8 Å². The van der Waals surface area contributed by atoms with Gasteiger partial charge in [0.15, 0.2) is 0 Å². The van der Waals surface area contributed by atoms with Gasteiger partial charge in [-0.3, -0.25) is 9.89 Å². The number of aromatic amines is 1. The summed E-state index contributed by atoms with van der Waals surface area (Å²) in [6.07, 6.45) is 1.66. The maximum absolute atomic E-state index is 12.3. The molecule has 24 heavy (non-hydrogen) atoms. The van der Waals surface area contributed by atoms with E-state index in [0.29, 0.717) is 11.3 Å². The third-order valence-corrected chi connectivity index (χ3v) is 4.78. The number of benzene rings is 1. The largest absolute Gasteiger partial charge is 0.494 e. The highest BCUT2D eigenvalue weighted by Gasteiger charge is 2.51. The number of anilines is 1. The average molecular weight is 327 g/mol. The van der Waals surface area contributed by atoms with Crippen LogP contribution in [0.2, 0.25) is 0 Å². The molecule has 0 aliphatic carbocycles. The van der Waals surface area contributed by atoms with Crippen LogP contribution in [0.25, 0.3) is 0 Å². The first kappa shape index (κ1) is 16.7. The van der Waals surface area contributed by atoms with Crippen molar-refractivity contribution in [2.75, 3.05) is 5.32 Å². The van der Waals surface area contributed by atoms with Gasteiger partial charge < -0.3 is 14.6 Å². The highest BCUT2D eigenvalue weighted by molar-refractivity contribution is 6.62. The first-order valence-electron chi connectivity index (χ1n) is 7.97. The van der Waals surface area contributed by atoms with Gasteiger partial charge in [0.25, 0.3) is 5.91 Å². The summed E-state index contributed by atoms with van der Waals surface area (Å²) < 4.78 is 12.0. The van der Waals surface area contributed by atoms with Crippen molar-refractivity contribution >= 4 is 24.2 Å². The van der Waals surface area contributed by atoms with Crippen LogP contribution in [0.1, 0.15) is 43.7 Å². The van der Waals surface area contributed by atoms with Gasteiger partial charge in [-0.2, -0.15) is 5.10 Å². The molecule has 1 saturated heterocycles. The number of carbonyl (C=O) groups excluding carboxylic acids is 1. The Balaban J connectivity index is 1.72. The van der Waals surface area contributed by atoms with Crippen LogP contribution in [-0.2, 0) is 9.31 Å². The van der Waals surface area contributed by atoms with Gasteiger partial charge in [-0.05, 0) is 52.2 Å². The molecule has 6 nitrogen and oxygen atoms in total. The Hall–Kier alpha value is -2.12. The molecule has 126 valence electrons. The Labute approximate surface area is 142 Å². The Morgan fingerprint density at radius 2 is 1.71 bits per heavy atom. The van der Waals surface area contributed by atoms with Crippen molar-refractivity contribution < 1.29 is 14.1 Å². The summed E-state index contributed by atoms with van der Waals surface area (Å²) in [5, 5.41) is 9.53. The van der Waals surface area contributed by atoms with Gasteiger partial charge in [0.05, 0.1) is 22.6 Å². The van der Waals surface area contributed by atoms with Gasteiger partial charge in [0.1, 0.15) is 0 Å². The average Bonchev–Trinajstić information content (AvgIpc) is 3.00. The van der Waals surface area contributed by atoms with Gasteiger partial charge >= 0.3 is 7.12 Å². The number of amides is 1. The number of nitrogens with one attached hydrogen (secondary N) is 2. The normalized spacial score (nSPS) is 18.6. The van der Waals surface area contributed by atoms with Crippen LogP contribution in [0, 0.1) is 6.92 Å². The Morgan fingerprint density at radius 3 is 2.21 bits per heavy atom. The molecule has 0 saturated carbocycles. The van der Waals surface area contributed by atoms with E-state index >= 15 is 0 Å². The molecule has 7 heteroatoms. The van der Waals surface area contributed by atoms with E-state index in [9.17, 15) is 4.79 Å². The SMILES string of the molecule is Cc1n[nH]cc1NC(=O)c1ccc(B2OC(C)(C)C(C)(C)O2)cc1. The molecule has 1 fully saturated rings. The monoisotopic (exact) mass is 327 g/mol. The lowest BCUT2D eigenvalue weighted by molar-refractivity contribution is 0.00578. The van der Waals surface area contributed by atoms with E-state index < -0.39 is 7.12 Å². The molecule has 2 N–H and O–H groups in total. The van der Waals surface area contributed by atoms with Crippen molar-refractivity contribution in [2.24, 2.45) is 0 Å². The summed E-state index contributed by atoms with van der Waals surface area (Å²) in [6, 6.07) is 7.26. The molecule has 1 amide bonds. The van der Waals surface area contributed by atoms with E-state index in [1.165, 1.54) is 0 Å². The van der Waals surface area contributed by atoms with Crippen LogP contribution >= 0.6 is 0 Å². The smallest absolute Gasteiger partial charge is 0.399 e. The number of rotatable bonds is 3. The fraction of sp³-hybridized carbons (Fsp3) is 0.412. The molecule has 1 aromatic carbocycles. The zero-order valence-corrected chi connectivity index (χ0v) is 14.6. The summed E-state index contributed by atoms with van der Waals surface area (Å²) in [6.45, 7) is 9.89. The van der Waals surface area contributed by atoms with Crippen molar-refractivity contribution in [1.29, 1.82) is 0 Å². The first-order chi connectivity index (χ1) is 11.2. The minimum atomic E-state index is -0.428. The summed E-state index contributed by atoms with van der Waals surface area (Å²) in [7, 11) is -0.428. The molecule has 0 unspecified atom stereocenters. The molecule has 1 aromatic heterocycles. The van der Waals surface area contributed by atoms with Crippen molar-refractivity contribution in [3.8, 4) is 0 Å². The Morgan fingerprint density at radius 1 is 1.12 bits per heavy atom. The van der Waals surface area contributed by atoms with Crippen molar-refractivity contribution in [3.63, 3.8) is 0 Å². The first-order valence-corrected chi connectivity index (χ1v) is 7.97. The third kappa shape index (κ3) is 2.97. The van der Waals surface area contributed by atoms with E-state index in [1.54, 1.807) is 18.3 Å². The number of H-pyrrole nitrogens is 1. The van der Waals surface area contributed by atoms with Crippen LogP contribution in [0.3, 0.4) is 0 Å². The molecular weight excluding hydrogens is 305 g/mol. The summed E-state index contributed by atoms with van der Waals surface area (Å²) >= 11 is 0. The van der Waals surface area contributed by atoms with Gasteiger partial charge in [0.2, 0.25) is 0 Å². The lowest BCUT2D eigenvalue weighted by Crippen LogP contribution is -2.41. The lowest BCUT2D eigenvalue weighted by Gasteiger charge is -2.32. The van der Waals surface area contributed by atoms with Crippen LogP contribution < -0.4 is 10.8 Å². The fourth-order valence-corrected chi connectivity index (χ4v) is 2.45. The lowest BCUT2D eigenvalue weighted by atomic mass is 9.79. The summed E-state index contributed by atoms with van der Waals surface area (Å²) in [5.74, 6) is -0.181. The van der Waals surface area contributed by atoms with E-state index in [4.69, 9.17) is 9.31 Å². The molecule has 0 atom stereocenters. The molecule has 3 rings (SSSR count). The maximum Gasteiger partial charge on any atom is 0.494 e. The highest BCUT2D eigenvalue weighted by Crippen LogP contribution is 2.36. The minimum Gasteiger partial charge on any atom is -0.399 e. The highest BCUT2D eigenvalue weighted by atomic mass is 16.7. The van der Waals surface area contributed by atoms with Crippen LogP contribution in [0.4, 0.5) is 5.69 Å². The predicted octanol–water partition coefficient (Wildman–Crippen LogP) is 2.27. The van der Waals surface area contributed by atoms with Gasteiger partial charge in [-0.1, -0.05) is 12.1 Å². The topological polar surface area (TPSA) is 76.2 Å². The van der Waals surface area contributed by atoms with Crippen LogP contribution in [0.5, 0.6) is 0 Å². The molecular formula is C17H22BN3O3. The summed E-state index contributed by atoms with van der Waals surface area (Å²) in [4.78, 5) is 12.3. The maximum atomic E-state index is 12.3. The number of aromatic nitrogens is 2. The van der Waals surface area contributed by atoms with E-state index in [0.717, 1.165) is 11.2 Å². The van der Waals surface area contributed by atoms with E-state index in [1.807, 2.05) is 46.8 Å². The molecule has 0 spiro atoms. The quantitative estimate of drug-likeness (QED) is 0.848. The van der Waals surface area contributed by atoms with Gasteiger partial charge in [-0.15, -0.1) is 0 Å². The molecule has 1 aliphatic rings. The molecule has 0 radical (unpaired) electrons. The number of hydrogen-bond donors (Lipinski definition) is 2. The molecule has 2 heterocycles. The van der Waals surface area contributed by atoms with Gasteiger partial charge in [0, 0.05) is 11.8 Å². The third-order valence-electron chi connectivity index (χ3n) is 4.78. The summed E-state index contributed by atoms with van der Waals surface area (Å²) in [5.41, 5.74) is 2.12. The number of carbonyl (C=O) groups is 1. The zero-order chi connectivity index (χ0) is 17.5. The van der Waals surface area contributed by atoms with Crippen LogP contribution in [0.15, 0.2) is 30.5 Å². The van der Waals surface area contributed by atoms with E-state index in [2.05, 4.69) is 15.5 Å². The van der Waals surface area contributed by atoms with Gasteiger partial charge in [-0.25, -0.2) is 0 Å². The standard InChI is InChI=1S/C17H22BN3O3/c1-11-14(10-19-21-11)20-15(22)12-6-8-13(9-7-12)18-23-16(2,3)17(4,5)24-18/h6-10H,1-5H3,(H,19,21)(H,20,22). The second kappa shape index (κ2) is 5.75. The number of hydrogen-bond acceptors (Lipinski definition) is 4. The van der Waals surface area contributed by atoms with Crippen LogP contribution in [-0.4, -0.2) is 34.4 Å². The molecule has 0 bridgehead atoms. The van der Waals surface area contributed by atoms with Crippen molar-refractivity contribution in [3.05, 3.63) is 41.7 Å². The van der Waals surface area contributed by atoms with Crippen molar-refractivity contribution in [1.82, 2.24) is 10.2 Å². The number of aryl methyl sites for hydroxylation is 1. The van der Waals surface area contributed by atoms with E-state index in [-0.39, 0.29) is 17.1 Å². The zero-order valence-electron chi connectivity index (χ0n) is 14.6. The minimum absolute atomic E-state index is 0.181. The second-order valence-corrected chi connectivity index (χ2v) is 7.05. The fourth-order valence-electron chi connectivity index (χ4n) is 2.45. The Kier molecular flexibility index (Phi) is 4.01. The second-order valence-electron chi connectivity index (χ2n) is 7.05. The Bertz CT molecular complexity index is 737. The number of nitrogens with zero attached hydrogens (tertiary/aromatic N) is 1. The molecule has 2 aromatic rings.